The van der Waals surface area contributed by atoms with Crippen molar-refractivity contribution in [3.05, 3.63) is 60.7 Å². The average molecular weight is 684 g/mol. The zero-order valence-corrected chi connectivity index (χ0v) is 27.2. The van der Waals surface area contributed by atoms with Crippen LogP contribution in [0.4, 0.5) is 5.69 Å². The van der Waals surface area contributed by atoms with Crippen molar-refractivity contribution in [2.24, 2.45) is 0 Å². The second-order valence-corrected chi connectivity index (χ2v) is 15.7. The molecule has 0 spiro atoms. The van der Waals surface area contributed by atoms with Gasteiger partial charge in [-0.1, -0.05) is 10.4 Å². The number of fused-ring (bicyclic) bond motifs is 2. The van der Waals surface area contributed by atoms with E-state index in [9.17, 15) is 16.8 Å². The Morgan fingerprint density at radius 3 is 1.96 bits per heavy atom. The number of hydrazine groups is 1. The predicted octanol–water partition coefficient (Wildman–Crippen LogP) is 1.39. The number of benzene rings is 3. The largest absolute Gasteiger partial charge is 0.395 e. The number of rotatable bonds is 14. The third kappa shape index (κ3) is 7.29. The van der Waals surface area contributed by atoms with E-state index in [1.807, 2.05) is 28.9 Å². The minimum atomic E-state index is -3.58. The van der Waals surface area contributed by atoms with Crippen LogP contribution in [0.3, 0.4) is 0 Å². The van der Waals surface area contributed by atoms with E-state index in [1.54, 1.807) is 22.9 Å². The maximum atomic E-state index is 12.3. The molecule has 0 atom stereocenters. The van der Waals surface area contributed by atoms with Crippen LogP contribution in [0.15, 0.2) is 70.5 Å². The quantitative estimate of drug-likeness (QED) is 0.0830. The normalized spacial score (nSPS) is 17.4. The molecule has 17 heteroatoms. The lowest BCUT2D eigenvalue weighted by Gasteiger charge is -2.29. The molecule has 6 rings (SSSR count). The van der Waals surface area contributed by atoms with Crippen LogP contribution in [0.2, 0.25) is 0 Å². The van der Waals surface area contributed by atoms with Gasteiger partial charge < -0.3 is 15.5 Å². The number of sulfone groups is 2. The van der Waals surface area contributed by atoms with Crippen molar-refractivity contribution in [2.75, 3.05) is 43.1 Å². The molecule has 1 aliphatic carbocycles. The highest BCUT2D eigenvalue weighted by Gasteiger charge is 2.25. The Morgan fingerprint density at radius 2 is 1.32 bits per heavy atom. The van der Waals surface area contributed by atoms with Gasteiger partial charge in [0.25, 0.3) is 0 Å². The zero-order chi connectivity index (χ0) is 33.0. The molecule has 5 aromatic rings. The average Bonchev–Trinajstić information content (AvgIpc) is 3.69. The van der Waals surface area contributed by atoms with Crippen LogP contribution in [0, 0.1) is 0 Å². The Balaban J connectivity index is 0.945. The molecule has 47 heavy (non-hydrogen) atoms. The summed E-state index contributed by atoms with van der Waals surface area (Å²) in [6.07, 6.45) is 3.73. The summed E-state index contributed by atoms with van der Waals surface area (Å²) in [5.74, 6) is -0.663. The zero-order valence-electron chi connectivity index (χ0n) is 25.5. The maximum absolute atomic E-state index is 12.3. The van der Waals surface area contributed by atoms with E-state index in [0.717, 1.165) is 42.6 Å². The fraction of sp³-hybridized carbons (Fsp3) is 0.400. The summed E-state index contributed by atoms with van der Waals surface area (Å²) < 4.78 is 52.7. The van der Waals surface area contributed by atoms with E-state index >= 15 is 0 Å². The van der Waals surface area contributed by atoms with Crippen molar-refractivity contribution in [3.63, 3.8) is 0 Å². The number of aliphatic hydroxyl groups is 2. The standard InChI is InChI=1S/C30H37N9O6S2/c40-15-17-46(42,43)25-9-11-29-27(19-25)34-36-38(29)23-5-1-21(2-6-23)31-13-14-32-33-22-3-7-24(8-4-22)39-30-12-10-26(20-28(30)35-37-39)47(44,45)18-16-41/h1-2,5-6,9-12,19-20,22,24,31-33,40-41H,3-4,7-8,13-18H2. The van der Waals surface area contributed by atoms with E-state index < -0.39 is 32.9 Å². The number of nitrogens with zero attached hydrogens (tertiary/aromatic N) is 6. The van der Waals surface area contributed by atoms with Crippen LogP contribution in [-0.2, 0) is 19.7 Å². The summed E-state index contributed by atoms with van der Waals surface area (Å²) in [7, 11) is -7.12. The number of aromatic nitrogens is 6. The number of anilines is 1. The predicted molar refractivity (Wildman–Crippen MR) is 176 cm³/mol. The first-order valence-electron chi connectivity index (χ1n) is 15.4. The first-order valence-corrected chi connectivity index (χ1v) is 18.7. The number of hydrogen-bond acceptors (Lipinski definition) is 13. The maximum Gasteiger partial charge on any atom is 0.180 e. The van der Waals surface area contributed by atoms with Gasteiger partial charge in [-0.3, -0.25) is 10.9 Å². The van der Waals surface area contributed by atoms with Crippen molar-refractivity contribution >= 4 is 47.4 Å². The second kappa shape index (κ2) is 14.0. The van der Waals surface area contributed by atoms with Crippen LogP contribution >= 0.6 is 0 Å². The van der Waals surface area contributed by atoms with Crippen molar-refractivity contribution in [1.82, 2.24) is 40.8 Å². The van der Waals surface area contributed by atoms with E-state index in [2.05, 4.69) is 36.8 Å². The molecule has 1 saturated carbocycles. The highest BCUT2D eigenvalue weighted by molar-refractivity contribution is 7.91. The summed E-state index contributed by atoms with van der Waals surface area (Å²) in [6, 6.07) is 17.7. The Labute approximate surface area is 271 Å². The van der Waals surface area contributed by atoms with E-state index in [1.165, 1.54) is 18.2 Å². The molecule has 0 amide bonds. The number of aliphatic hydroxyl groups excluding tert-OH is 2. The minimum absolute atomic E-state index is 0.106. The molecular weight excluding hydrogens is 647 g/mol. The highest BCUT2D eigenvalue weighted by Crippen LogP contribution is 2.31. The smallest absolute Gasteiger partial charge is 0.180 e. The molecule has 0 unspecified atom stereocenters. The Hall–Kier alpha value is -4.00. The third-order valence-corrected chi connectivity index (χ3v) is 11.7. The van der Waals surface area contributed by atoms with Gasteiger partial charge >= 0.3 is 0 Å². The van der Waals surface area contributed by atoms with E-state index in [0.29, 0.717) is 35.7 Å². The summed E-state index contributed by atoms with van der Waals surface area (Å²) >= 11 is 0. The highest BCUT2D eigenvalue weighted by atomic mass is 32.2. The van der Waals surface area contributed by atoms with Gasteiger partial charge in [0, 0.05) is 24.8 Å². The summed E-state index contributed by atoms with van der Waals surface area (Å²) in [6.45, 7) is 0.524. The van der Waals surface area contributed by atoms with Crippen LogP contribution in [0.5, 0.6) is 0 Å². The molecule has 5 N–H and O–H groups in total. The van der Waals surface area contributed by atoms with Crippen molar-refractivity contribution in [3.8, 4) is 5.69 Å². The summed E-state index contributed by atoms with van der Waals surface area (Å²) in [5.41, 5.74) is 10.9. The minimum Gasteiger partial charge on any atom is -0.395 e. The molecule has 250 valence electrons. The lowest BCUT2D eigenvalue weighted by atomic mass is 9.91. The van der Waals surface area contributed by atoms with E-state index in [4.69, 9.17) is 10.2 Å². The SMILES string of the molecule is O=S(=O)(CCO)c1ccc2c(c1)nnn2-c1ccc(NCCNNC2CCC(n3nnc4cc(S(=O)(=O)CCO)ccc43)CC2)cc1. The summed E-state index contributed by atoms with van der Waals surface area (Å²) in [5, 5.41) is 38.3. The molecule has 0 bridgehead atoms. The van der Waals surface area contributed by atoms with Gasteiger partial charge in [-0.15, -0.1) is 10.2 Å². The van der Waals surface area contributed by atoms with Gasteiger partial charge in [-0.05, 0) is 86.3 Å². The van der Waals surface area contributed by atoms with Gasteiger partial charge in [0.1, 0.15) is 11.0 Å². The molecule has 0 aliphatic heterocycles. The number of hydrogen-bond donors (Lipinski definition) is 5. The van der Waals surface area contributed by atoms with Crippen LogP contribution in [-0.4, -0.2) is 101 Å². The molecular formula is C30H37N9O6S2. The topological polar surface area (TPSA) is 206 Å². The lowest BCUT2D eigenvalue weighted by molar-refractivity contribution is 0.262. The lowest BCUT2D eigenvalue weighted by Crippen LogP contribution is -2.44. The fourth-order valence-corrected chi connectivity index (χ4v) is 7.90. The van der Waals surface area contributed by atoms with Crippen LogP contribution < -0.4 is 16.2 Å². The monoisotopic (exact) mass is 683 g/mol. The molecule has 0 saturated heterocycles. The molecule has 2 aromatic heterocycles. The molecule has 0 radical (unpaired) electrons. The fourth-order valence-electron chi connectivity index (χ4n) is 5.82. The number of nitrogens with one attached hydrogen (secondary N) is 3. The molecule has 1 fully saturated rings. The summed E-state index contributed by atoms with van der Waals surface area (Å²) in [4.78, 5) is 0.250. The van der Waals surface area contributed by atoms with Gasteiger partial charge in [-0.25, -0.2) is 26.2 Å². The molecule has 1 aliphatic rings. The van der Waals surface area contributed by atoms with Crippen LogP contribution in [0.1, 0.15) is 31.7 Å². The molecule has 15 nitrogen and oxygen atoms in total. The Morgan fingerprint density at radius 1 is 0.723 bits per heavy atom. The van der Waals surface area contributed by atoms with Crippen molar-refractivity contribution in [1.29, 1.82) is 0 Å². The molecule has 3 aromatic carbocycles. The van der Waals surface area contributed by atoms with E-state index in [-0.39, 0.29) is 27.3 Å². The van der Waals surface area contributed by atoms with Crippen molar-refractivity contribution < 1.29 is 27.0 Å². The van der Waals surface area contributed by atoms with Gasteiger partial charge in [0.2, 0.25) is 0 Å². The van der Waals surface area contributed by atoms with Gasteiger partial charge in [-0.2, -0.15) is 0 Å². The third-order valence-electron chi connectivity index (χ3n) is 8.34. The first-order chi connectivity index (χ1) is 22.7. The Bertz CT molecular complexity index is 2060. The first kappa shape index (κ1) is 32.9. The van der Waals surface area contributed by atoms with Crippen LogP contribution in [0.25, 0.3) is 27.8 Å². The Kier molecular flexibility index (Phi) is 9.81. The van der Waals surface area contributed by atoms with Gasteiger partial charge in [0.15, 0.2) is 19.7 Å². The molecule has 2 heterocycles. The van der Waals surface area contributed by atoms with Crippen molar-refractivity contribution in [2.45, 2.75) is 47.6 Å². The second-order valence-electron chi connectivity index (χ2n) is 11.5. The van der Waals surface area contributed by atoms with Gasteiger partial charge in [0.05, 0.1) is 57.3 Å².